The van der Waals surface area contributed by atoms with Crippen LogP contribution < -0.4 is 5.73 Å². The molecule has 0 unspecified atom stereocenters. The second-order valence-electron chi connectivity index (χ2n) is 3.01. The van der Waals surface area contributed by atoms with Gasteiger partial charge in [-0.2, -0.15) is 0 Å². The van der Waals surface area contributed by atoms with Crippen molar-refractivity contribution in [2.45, 2.75) is 0 Å². The third-order valence-corrected chi connectivity index (χ3v) is 2.39. The summed E-state index contributed by atoms with van der Waals surface area (Å²) >= 11 is 3.41. The minimum atomic E-state index is 0.756. The fourth-order valence-electron chi connectivity index (χ4n) is 1.32. The molecule has 1 aromatic carbocycles. The van der Waals surface area contributed by atoms with Crippen LogP contribution in [-0.4, -0.2) is 4.98 Å². The first-order valence-electron chi connectivity index (χ1n) is 4.22. The fraction of sp³-hybridized carbons (Fsp3) is 0. The number of halogens is 1. The monoisotopic (exact) mass is 248 g/mol. The van der Waals surface area contributed by atoms with E-state index in [2.05, 4.69) is 20.9 Å². The standard InChI is InChI=1S/C11H9BrN2/c12-10-5-9(6-11(13)7-10)8-1-3-14-4-2-8/h1-7H,13H2. The minimum absolute atomic E-state index is 0.756. The lowest BCUT2D eigenvalue weighted by Gasteiger charge is -2.03. The average molecular weight is 249 g/mol. The van der Waals surface area contributed by atoms with Crippen LogP contribution in [0.15, 0.2) is 47.2 Å². The SMILES string of the molecule is Nc1cc(Br)cc(-c2ccncc2)c1. The Morgan fingerprint density at radius 1 is 1.00 bits per heavy atom. The van der Waals surface area contributed by atoms with Crippen molar-refractivity contribution in [1.82, 2.24) is 4.98 Å². The van der Waals surface area contributed by atoms with Gasteiger partial charge in [0.1, 0.15) is 0 Å². The van der Waals surface area contributed by atoms with Crippen LogP contribution >= 0.6 is 15.9 Å². The Morgan fingerprint density at radius 3 is 2.36 bits per heavy atom. The highest BCUT2D eigenvalue weighted by atomic mass is 79.9. The first-order chi connectivity index (χ1) is 6.75. The molecule has 0 aliphatic carbocycles. The van der Waals surface area contributed by atoms with Gasteiger partial charge in [-0.1, -0.05) is 15.9 Å². The number of hydrogen-bond donors (Lipinski definition) is 1. The quantitative estimate of drug-likeness (QED) is 0.788. The molecule has 0 atom stereocenters. The maximum absolute atomic E-state index is 5.75. The molecule has 1 heterocycles. The highest BCUT2D eigenvalue weighted by molar-refractivity contribution is 9.10. The van der Waals surface area contributed by atoms with Gasteiger partial charge in [0.15, 0.2) is 0 Å². The number of hydrogen-bond acceptors (Lipinski definition) is 2. The molecule has 3 heteroatoms. The third kappa shape index (κ3) is 1.93. The number of nitrogens with two attached hydrogens (primary N) is 1. The van der Waals surface area contributed by atoms with Crippen molar-refractivity contribution in [3.05, 3.63) is 47.2 Å². The van der Waals surface area contributed by atoms with Gasteiger partial charge in [-0.3, -0.25) is 4.98 Å². The summed E-state index contributed by atoms with van der Waals surface area (Å²) in [6.07, 6.45) is 3.54. The van der Waals surface area contributed by atoms with Gasteiger partial charge in [0, 0.05) is 22.6 Å². The molecule has 70 valence electrons. The van der Waals surface area contributed by atoms with E-state index in [1.807, 2.05) is 30.3 Å². The zero-order valence-corrected chi connectivity index (χ0v) is 9.03. The van der Waals surface area contributed by atoms with Crippen LogP contribution in [-0.2, 0) is 0 Å². The summed E-state index contributed by atoms with van der Waals surface area (Å²) in [6, 6.07) is 9.78. The predicted octanol–water partition coefficient (Wildman–Crippen LogP) is 3.09. The van der Waals surface area contributed by atoms with E-state index in [1.165, 1.54) is 0 Å². The Morgan fingerprint density at radius 2 is 1.71 bits per heavy atom. The first kappa shape index (κ1) is 9.21. The van der Waals surface area contributed by atoms with Crippen molar-refractivity contribution >= 4 is 21.6 Å². The van der Waals surface area contributed by atoms with E-state index in [0.717, 1.165) is 21.3 Å². The maximum atomic E-state index is 5.75. The molecule has 2 aromatic rings. The second kappa shape index (κ2) is 3.80. The van der Waals surface area contributed by atoms with Gasteiger partial charge in [-0.05, 0) is 41.5 Å². The summed E-state index contributed by atoms with van der Waals surface area (Å²) in [7, 11) is 0. The van der Waals surface area contributed by atoms with Crippen molar-refractivity contribution < 1.29 is 0 Å². The van der Waals surface area contributed by atoms with Gasteiger partial charge in [-0.25, -0.2) is 0 Å². The van der Waals surface area contributed by atoms with Gasteiger partial charge in [-0.15, -0.1) is 0 Å². The van der Waals surface area contributed by atoms with Gasteiger partial charge in [0.2, 0.25) is 0 Å². The first-order valence-corrected chi connectivity index (χ1v) is 5.01. The number of nitrogen functional groups attached to an aromatic ring is 1. The molecule has 0 spiro atoms. The topological polar surface area (TPSA) is 38.9 Å². The number of pyridine rings is 1. The lowest BCUT2D eigenvalue weighted by atomic mass is 10.1. The fourth-order valence-corrected chi connectivity index (χ4v) is 1.83. The van der Waals surface area contributed by atoms with Crippen LogP contribution in [0.3, 0.4) is 0 Å². The van der Waals surface area contributed by atoms with E-state index in [0.29, 0.717) is 0 Å². The average Bonchev–Trinajstić information content (AvgIpc) is 2.18. The molecular formula is C11H9BrN2. The molecule has 0 fully saturated rings. The molecule has 0 saturated heterocycles. The molecule has 0 saturated carbocycles. The normalized spacial score (nSPS) is 10.1. The summed E-state index contributed by atoms with van der Waals surface area (Å²) in [4.78, 5) is 3.97. The lowest BCUT2D eigenvalue weighted by Crippen LogP contribution is -1.86. The number of rotatable bonds is 1. The molecular weight excluding hydrogens is 240 g/mol. The third-order valence-electron chi connectivity index (χ3n) is 1.93. The summed E-state index contributed by atoms with van der Waals surface area (Å²) in [5, 5.41) is 0. The van der Waals surface area contributed by atoms with Crippen LogP contribution in [0.5, 0.6) is 0 Å². The molecule has 14 heavy (non-hydrogen) atoms. The van der Waals surface area contributed by atoms with Crippen LogP contribution in [0.25, 0.3) is 11.1 Å². The van der Waals surface area contributed by atoms with Crippen molar-refractivity contribution in [3.63, 3.8) is 0 Å². The highest BCUT2D eigenvalue weighted by Gasteiger charge is 1.99. The van der Waals surface area contributed by atoms with E-state index >= 15 is 0 Å². The van der Waals surface area contributed by atoms with Crippen LogP contribution in [0.1, 0.15) is 0 Å². The van der Waals surface area contributed by atoms with Crippen molar-refractivity contribution in [2.24, 2.45) is 0 Å². The Hall–Kier alpha value is -1.35. The van der Waals surface area contributed by atoms with Crippen LogP contribution in [0.2, 0.25) is 0 Å². The van der Waals surface area contributed by atoms with Crippen molar-refractivity contribution in [2.75, 3.05) is 5.73 Å². The largest absolute Gasteiger partial charge is 0.399 e. The van der Waals surface area contributed by atoms with E-state index in [-0.39, 0.29) is 0 Å². The Balaban J connectivity index is 2.52. The molecule has 0 aliphatic rings. The number of anilines is 1. The number of benzene rings is 1. The second-order valence-corrected chi connectivity index (χ2v) is 3.92. The highest BCUT2D eigenvalue weighted by Crippen LogP contribution is 2.25. The smallest absolute Gasteiger partial charge is 0.0331 e. The van der Waals surface area contributed by atoms with E-state index in [9.17, 15) is 0 Å². The summed E-state index contributed by atoms with van der Waals surface area (Å²) in [5.74, 6) is 0. The van der Waals surface area contributed by atoms with E-state index in [4.69, 9.17) is 5.73 Å². The Kier molecular flexibility index (Phi) is 2.50. The van der Waals surface area contributed by atoms with Crippen LogP contribution in [0, 0.1) is 0 Å². The zero-order chi connectivity index (χ0) is 9.97. The lowest BCUT2D eigenvalue weighted by molar-refractivity contribution is 1.33. The maximum Gasteiger partial charge on any atom is 0.0331 e. The zero-order valence-electron chi connectivity index (χ0n) is 7.44. The molecule has 1 aromatic heterocycles. The molecule has 2 N–H and O–H groups in total. The van der Waals surface area contributed by atoms with Crippen molar-refractivity contribution in [3.8, 4) is 11.1 Å². The van der Waals surface area contributed by atoms with Gasteiger partial charge < -0.3 is 5.73 Å². The number of aromatic nitrogens is 1. The minimum Gasteiger partial charge on any atom is -0.399 e. The van der Waals surface area contributed by atoms with E-state index in [1.54, 1.807) is 12.4 Å². The summed E-state index contributed by atoms with van der Waals surface area (Å²) in [5.41, 5.74) is 8.72. The van der Waals surface area contributed by atoms with Gasteiger partial charge in [0.05, 0.1) is 0 Å². The Labute approximate surface area is 90.9 Å². The molecule has 0 bridgehead atoms. The van der Waals surface area contributed by atoms with E-state index < -0.39 is 0 Å². The van der Waals surface area contributed by atoms with Gasteiger partial charge >= 0.3 is 0 Å². The van der Waals surface area contributed by atoms with Gasteiger partial charge in [0.25, 0.3) is 0 Å². The molecule has 0 radical (unpaired) electrons. The molecule has 2 nitrogen and oxygen atoms in total. The molecule has 2 rings (SSSR count). The summed E-state index contributed by atoms with van der Waals surface area (Å²) < 4.78 is 0.990. The molecule has 0 aliphatic heterocycles. The van der Waals surface area contributed by atoms with Crippen molar-refractivity contribution in [1.29, 1.82) is 0 Å². The molecule has 0 amide bonds. The van der Waals surface area contributed by atoms with Crippen LogP contribution in [0.4, 0.5) is 5.69 Å². The summed E-state index contributed by atoms with van der Waals surface area (Å²) in [6.45, 7) is 0. The predicted molar refractivity (Wildman–Crippen MR) is 61.8 cm³/mol. The number of nitrogens with zero attached hydrogens (tertiary/aromatic N) is 1. The Bertz CT molecular complexity index is 420.